The summed E-state index contributed by atoms with van der Waals surface area (Å²) < 4.78 is 18.7. The van der Waals surface area contributed by atoms with Gasteiger partial charge in [-0.25, -0.2) is 4.39 Å². The molecule has 0 aliphatic rings. The van der Waals surface area contributed by atoms with Crippen LogP contribution in [0.15, 0.2) is 22.7 Å². The topological polar surface area (TPSA) is 51.0 Å². The molecule has 1 unspecified atom stereocenters. The van der Waals surface area contributed by atoms with Gasteiger partial charge in [0.05, 0.1) is 0 Å². The maximum Gasteiger partial charge on any atom is 0.228 e. The van der Waals surface area contributed by atoms with E-state index in [-0.39, 0.29) is 5.82 Å². The second-order valence-electron chi connectivity index (χ2n) is 5.22. The van der Waals surface area contributed by atoms with Gasteiger partial charge in [-0.3, -0.25) is 0 Å². The van der Waals surface area contributed by atoms with E-state index in [0.29, 0.717) is 29.7 Å². The first-order chi connectivity index (χ1) is 10.1. The molecular formula is C16H22FN3O. The Labute approximate surface area is 124 Å². The molecule has 0 radical (unpaired) electrons. The molecule has 0 fully saturated rings. The summed E-state index contributed by atoms with van der Waals surface area (Å²) in [6.07, 6.45) is 2.86. The largest absolute Gasteiger partial charge is 0.339 e. The third-order valence-electron chi connectivity index (χ3n) is 3.46. The molecule has 0 saturated heterocycles. The minimum atomic E-state index is -0.293. The van der Waals surface area contributed by atoms with E-state index >= 15 is 0 Å². The number of nitrogens with zero attached hydrogens (tertiary/aromatic N) is 2. The van der Waals surface area contributed by atoms with Crippen LogP contribution in [-0.4, -0.2) is 22.7 Å². The van der Waals surface area contributed by atoms with Crippen molar-refractivity contribution in [3.63, 3.8) is 0 Å². The predicted octanol–water partition coefficient (Wildman–Crippen LogP) is 3.50. The van der Waals surface area contributed by atoms with E-state index in [1.165, 1.54) is 12.1 Å². The van der Waals surface area contributed by atoms with Crippen LogP contribution in [-0.2, 0) is 6.42 Å². The lowest BCUT2D eigenvalue weighted by atomic mass is 10.1. The summed E-state index contributed by atoms with van der Waals surface area (Å²) in [7, 11) is 0. The van der Waals surface area contributed by atoms with Crippen LogP contribution < -0.4 is 5.32 Å². The molecule has 1 aromatic carbocycles. The van der Waals surface area contributed by atoms with Crippen LogP contribution in [0.2, 0.25) is 0 Å². The Hall–Kier alpha value is -1.75. The van der Waals surface area contributed by atoms with Crippen molar-refractivity contribution in [3.8, 4) is 11.4 Å². The van der Waals surface area contributed by atoms with Gasteiger partial charge in [0.2, 0.25) is 11.7 Å². The lowest BCUT2D eigenvalue weighted by molar-refractivity contribution is 0.352. The summed E-state index contributed by atoms with van der Waals surface area (Å²) in [6, 6.07) is 4.93. The van der Waals surface area contributed by atoms with Gasteiger partial charge in [0.1, 0.15) is 5.82 Å². The molecule has 5 heteroatoms. The Morgan fingerprint density at radius 1 is 1.33 bits per heavy atom. The van der Waals surface area contributed by atoms with Crippen LogP contribution in [0.25, 0.3) is 11.4 Å². The van der Waals surface area contributed by atoms with E-state index in [2.05, 4.69) is 29.3 Å². The normalized spacial score (nSPS) is 12.6. The zero-order valence-electron chi connectivity index (χ0n) is 12.8. The fourth-order valence-electron chi connectivity index (χ4n) is 2.41. The predicted molar refractivity (Wildman–Crippen MR) is 80.5 cm³/mol. The number of aryl methyl sites for hydroxylation is 1. The van der Waals surface area contributed by atoms with Crippen LogP contribution in [0.4, 0.5) is 4.39 Å². The van der Waals surface area contributed by atoms with Crippen molar-refractivity contribution in [1.82, 2.24) is 15.5 Å². The van der Waals surface area contributed by atoms with Crippen LogP contribution in [0.1, 0.15) is 38.1 Å². The molecule has 1 N–H and O–H groups in total. The lowest BCUT2D eigenvalue weighted by Crippen LogP contribution is -2.30. The van der Waals surface area contributed by atoms with Gasteiger partial charge in [-0.2, -0.15) is 4.98 Å². The molecular weight excluding hydrogens is 269 g/mol. The van der Waals surface area contributed by atoms with E-state index < -0.39 is 0 Å². The molecule has 0 spiro atoms. The number of hydrogen-bond donors (Lipinski definition) is 1. The van der Waals surface area contributed by atoms with Gasteiger partial charge in [0.25, 0.3) is 0 Å². The minimum Gasteiger partial charge on any atom is -0.339 e. The SMILES string of the molecule is CCCC(Cc1nc(-c2cc(F)ccc2C)no1)NCC. The van der Waals surface area contributed by atoms with Gasteiger partial charge in [0.15, 0.2) is 0 Å². The Morgan fingerprint density at radius 2 is 2.14 bits per heavy atom. The van der Waals surface area contributed by atoms with E-state index in [4.69, 9.17) is 4.52 Å². The van der Waals surface area contributed by atoms with Gasteiger partial charge in [-0.1, -0.05) is 31.5 Å². The van der Waals surface area contributed by atoms with Crippen molar-refractivity contribution < 1.29 is 8.91 Å². The van der Waals surface area contributed by atoms with Gasteiger partial charge >= 0.3 is 0 Å². The van der Waals surface area contributed by atoms with E-state index in [0.717, 1.165) is 24.9 Å². The summed E-state index contributed by atoms with van der Waals surface area (Å²) in [4.78, 5) is 4.40. The van der Waals surface area contributed by atoms with Crippen molar-refractivity contribution in [3.05, 3.63) is 35.5 Å². The molecule has 2 aromatic rings. The average Bonchev–Trinajstić information content (AvgIpc) is 2.90. The lowest BCUT2D eigenvalue weighted by Gasteiger charge is -2.14. The number of aromatic nitrogens is 2. The molecule has 1 aromatic heterocycles. The first kappa shape index (κ1) is 15.6. The molecule has 1 heterocycles. The summed E-state index contributed by atoms with van der Waals surface area (Å²) in [5.41, 5.74) is 1.61. The zero-order valence-corrected chi connectivity index (χ0v) is 12.8. The molecule has 2 rings (SSSR count). The summed E-state index contributed by atoms with van der Waals surface area (Å²) in [6.45, 7) is 7.05. The molecule has 4 nitrogen and oxygen atoms in total. The van der Waals surface area contributed by atoms with E-state index in [9.17, 15) is 4.39 Å². The third kappa shape index (κ3) is 4.11. The van der Waals surface area contributed by atoms with Crippen molar-refractivity contribution in [1.29, 1.82) is 0 Å². The number of halogens is 1. The van der Waals surface area contributed by atoms with Crippen LogP contribution in [0.5, 0.6) is 0 Å². The van der Waals surface area contributed by atoms with Gasteiger partial charge in [-0.15, -0.1) is 0 Å². The minimum absolute atomic E-state index is 0.293. The highest BCUT2D eigenvalue weighted by Gasteiger charge is 2.15. The van der Waals surface area contributed by atoms with E-state index in [1.54, 1.807) is 6.07 Å². The van der Waals surface area contributed by atoms with E-state index in [1.807, 2.05) is 6.92 Å². The van der Waals surface area contributed by atoms with Gasteiger partial charge < -0.3 is 9.84 Å². The Morgan fingerprint density at radius 3 is 2.86 bits per heavy atom. The fourth-order valence-corrected chi connectivity index (χ4v) is 2.41. The monoisotopic (exact) mass is 291 g/mol. The number of likely N-dealkylation sites (N-methyl/N-ethyl adjacent to an activating group) is 1. The first-order valence-corrected chi connectivity index (χ1v) is 7.46. The van der Waals surface area contributed by atoms with Crippen molar-refractivity contribution in [2.75, 3.05) is 6.54 Å². The Bertz CT molecular complexity index is 577. The third-order valence-corrected chi connectivity index (χ3v) is 3.46. The van der Waals surface area contributed by atoms with Crippen molar-refractivity contribution in [2.45, 2.75) is 46.1 Å². The maximum atomic E-state index is 13.4. The van der Waals surface area contributed by atoms with Crippen molar-refractivity contribution in [2.24, 2.45) is 0 Å². The van der Waals surface area contributed by atoms with Gasteiger partial charge in [-0.05, 0) is 37.6 Å². The van der Waals surface area contributed by atoms with Crippen molar-refractivity contribution >= 4 is 0 Å². The fraction of sp³-hybridized carbons (Fsp3) is 0.500. The zero-order chi connectivity index (χ0) is 15.2. The molecule has 1 atom stereocenters. The molecule has 114 valence electrons. The molecule has 0 amide bonds. The number of benzene rings is 1. The Kier molecular flexibility index (Phi) is 5.44. The molecule has 0 bridgehead atoms. The Balaban J connectivity index is 2.15. The first-order valence-electron chi connectivity index (χ1n) is 7.46. The highest BCUT2D eigenvalue weighted by molar-refractivity contribution is 5.59. The molecule has 0 aliphatic heterocycles. The number of hydrogen-bond acceptors (Lipinski definition) is 4. The summed E-state index contributed by atoms with van der Waals surface area (Å²) >= 11 is 0. The van der Waals surface area contributed by atoms with Crippen LogP contribution in [0.3, 0.4) is 0 Å². The average molecular weight is 291 g/mol. The highest BCUT2D eigenvalue weighted by Crippen LogP contribution is 2.22. The standard InChI is InChI=1S/C16H22FN3O/c1-4-6-13(18-5-2)10-15-19-16(20-21-15)14-9-12(17)8-7-11(14)3/h7-9,13,18H,4-6,10H2,1-3H3. The number of nitrogens with one attached hydrogen (secondary N) is 1. The smallest absolute Gasteiger partial charge is 0.228 e. The molecule has 0 saturated carbocycles. The van der Waals surface area contributed by atoms with Gasteiger partial charge in [0, 0.05) is 18.0 Å². The highest BCUT2D eigenvalue weighted by atomic mass is 19.1. The van der Waals surface area contributed by atoms with Crippen LogP contribution in [0, 0.1) is 12.7 Å². The second kappa shape index (κ2) is 7.31. The second-order valence-corrected chi connectivity index (χ2v) is 5.22. The quantitative estimate of drug-likeness (QED) is 0.848. The summed E-state index contributed by atoms with van der Waals surface area (Å²) in [5.74, 6) is 0.750. The van der Waals surface area contributed by atoms with Crippen LogP contribution >= 0.6 is 0 Å². The number of rotatable bonds is 7. The summed E-state index contributed by atoms with van der Waals surface area (Å²) in [5, 5.41) is 7.39. The molecule has 0 aliphatic carbocycles. The molecule has 21 heavy (non-hydrogen) atoms. The maximum absolute atomic E-state index is 13.4.